The fourth-order valence-electron chi connectivity index (χ4n) is 5.50. The number of rotatable bonds is 17. The number of carbonyl (C=O) groups is 7. The summed E-state index contributed by atoms with van der Waals surface area (Å²) in [5, 5.41) is 50.7. The van der Waals surface area contributed by atoms with E-state index in [0.717, 1.165) is 10.9 Å². The second kappa shape index (κ2) is 18.2. The number of amides is 6. The first-order chi connectivity index (χ1) is 24.1. The molecule has 1 aromatic heterocycles. The van der Waals surface area contributed by atoms with Gasteiger partial charge in [-0.25, -0.2) is 4.79 Å². The molecule has 6 amide bonds. The van der Waals surface area contributed by atoms with E-state index in [1.807, 2.05) is 29.6 Å². The molecule has 280 valence electrons. The number of aliphatic carboxylic acids is 1. The lowest BCUT2D eigenvalue weighted by Gasteiger charge is -2.31. The first-order valence-corrected chi connectivity index (χ1v) is 16.3. The summed E-state index contributed by atoms with van der Waals surface area (Å²) >= 11 is 0. The Morgan fingerprint density at radius 3 is 2.10 bits per heavy atom. The van der Waals surface area contributed by atoms with E-state index in [0.29, 0.717) is 12.0 Å². The molecule has 51 heavy (non-hydrogen) atoms. The van der Waals surface area contributed by atoms with Gasteiger partial charge in [0, 0.05) is 30.1 Å². The molecule has 0 bridgehead atoms. The van der Waals surface area contributed by atoms with Crippen LogP contribution in [-0.4, -0.2) is 140 Å². The number of hydrogen-bond donors (Lipinski definition) is 11. The lowest BCUT2D eigenvalue weighted by Crippen LogP contribution is -2.61. The number of fused-ring (bicyclic) bond motifs is 1. The minimum Gasteiger partial charge on any atom is -0.480 e. The highest BCUT2D eigenvalue weighted by molar-refractivity contribution is 5.98. The van der Waals surface area contributed by atoms with Crippen molar-refractivity contribution in [2.75, 3.05) is 19.8 Å². The van der Waals surface area contributed by atoms with E-state index in [4.69, 9.17) is 15.9 Å². The maximum Gasteiger partial charge on any atom is 0.328 e. The number of hydrogen-bond acceptors (Lipinski definition) is 11. The summed E-state index contributed by atoms with van der Waals surface area (Å²) in [6.07, 6.45) is 0.721. The van der Waals surface area contributed by atoms with Crippen molar-refractivity contribution in [3.8, 4) is 0 Å². The number of carbonyl (C=O) groups excluding carboxylic acids is 6. The number of nitrogens with zero attached hydrogens (tertiary/aromatic N) is 1. The maximum atomic E-state index is 14.1. The zero-order valence-electron chi connectivity index (χ0n) is 28.4. The molecule has 0 unspecified atom stereocenters. The molecule has 1 aliphatic heterocycles. The summed E-state index contributed by atoms with van der Waals surface area (Å²) in [4.78, 5) is 94.2. The van der Waals surface area contributed by atoms with Crippen molar-refractivity contribution in [3.63, 3.8) is 0 Å². The Balaban J connectivity index is 1.80. The quantitative estimate of drug-likeness (QED) is 0.0745. The molecular formula is C32H46N8O11. The van der Waals surface area contributed by atoms with Gasteiger partial charge in [0.15, 0.2) is 0 Å². The first-order valence-electron chi connectivity index (χ1n) is 16.3. The third kappa shape index (κ3) is 10.5. The molecule has 1 fully saturated rings. The van der Waals surface area contributed by atoms with Gasteiger partial charge in [-0.2, -0.15) is 0 Å². The normalized spacial score (nSPS) is 18.3. The summed E-state index contributed by atoms with van der Waals surface area (Å²) in [7, 11) is 0. The Bertz CT molecular complexity index is 1600. The predicted octanol–water partition coefficient (Wildman–Crippen LogP) is -4.06. The number of benzene rings is 1. The van der Waals surface area contributed by atoms with Crippen molar-refractivity contribution < 1.29 is 54.0 Å². The molecule has 2 aromatic rings. The molecule has 12 N–H and O–H groups in total. The number of aliphatic hydroxyl groups excluding tert-OH is 3. The predicted molar refractivity (Wildman–Crippen MR) is 179 cm³/mol. The van der Waals surface area contributed by atoms with E-state index in [1.54, 1.807) is 6.20 Å². The summed E-state index contributed by atoms with van der Waals surface area (Å²) in [6, 6.07) is -2.07. The minimum atomic E-state index is -1.72. The largest absolute Gasteiger partial charge is 0.480 e. The van der Waals surface area contributed by atoms with Crippen molar-refractivity contribution in [1.82, 2.24) is 36.5 Å². The molecule has 19 heteroatoms. The first kappa shape index (κ1) is 40.3. The van der Waals surface area contributed by atoms with Gasteiger partial charge in [-0.15, -0.1) is 0 Å². The maximum absolute atomic E-state index is 14.1. The van der Waals surface area contributed by atoms with Crippen LogP contribution < -0.4 is 32.3 Å². The summed E-state index contributed by atoms with van der Waals surface area (Å²) in [6.45, 7) is 2.22. The Kier molecular flexibility index (Phi) is 14.4. The fourth-order valence-corrected chi connectivity index (χ4v) is 5.50. The van der Waals surface area contributed by atoms with Crippen molar-refractivity contribution in [3.05, 3.63) is 36.0 Å². The Morgan fingerprint density at radius 2 is 1.49 bits per heavy atom. The molecule has 8 atom stereocenters. The molecule has 0 radical (unpaired) electrons. The van der Waals surface area contributed by atoms with E-state index in [9.17, 15) is 43.8 Å². The molecule has 19 nitrogen and oxygen atoms in total. The molecular weight excluding hydrogens is 672 g/mol. The number of carboxylic acids is 1. The van der Waals surface area contributed by atoms with E-state index < -0.39 is 103 Å². The lowest BCUT2D eigenvalue weighted by atomic mass is 10.0. The van der Waals surface area contributed by atoms with E-state index >= 15 is 0 Å². The minimum absolute atomic E-state index is 0.00964. The van der Waals surface area contributed by atoms with Crippen LogP contribution in [0.25, 0.3) is 10.9 Å². The number of nitrogens with one attached hydrogen (secondary N) is 6. The van der Waals surface area contributed by atoms with Crippen LogP contribution in [0.4, 0.5) is 0 Å². The Hall–Kier alpha value is -5.11. The number of aliphatic hydroxyl groups is 3. The fraction of sp³-hybridized carbons (Fsp3) is 0.531. The summed E-state index contributed by atoms with van der Waals surface area (Å²) in [5.74, 6) is -6.52. The van der Waals surface area contributed by atoms with Crippen LogP contribution in [0.3, 0.4) is 0 Å². The second-order valence-corrected chi connectivity index (χ2v) is 12.4. The molecule has 1 aliphatic rings. The lowest BCUT2D eigenvalue weighted by molar-refractivity contribution is -0.144. The number of H-pyrrole nitrogens is 1. The second-order valence-electron chi connectivity index (χ2n) is 12.4. The standard InChI is InChI=1S/C32H46N8O11/c1-15(33)26(44)35-16(2)27(45)36-21(11-18-12-34-20-8-5-4-7-19(18)20)31(49)40-10-6-9-24(40)29(47)39-25(17(3)43)30(48)37-22(13-41)28(46)38-23(14-42)32(50)51/h4-5,7-8,12,15-17,21-25,34,41-43H,6,9-11,13-14,33H2,1-3H3,(H,35,44)(H,36,45)(H,37,48)(H,38,46)(H,39,47)(H,50,51)/t15-,16-,17+,21-,22-,23-,24-,25-/m0/s1. The summed E-state index contributed by atoms with van der Waals surface area (Å²) < 4.78 is 0. The van der Waals surface area contributed by atoms with Crippen LogP contribution >= 0.6 is 0 Å². The van der Waals surface area contributed by atoms with Gasteiger partial charge in [-0.1, -0.05) is 18.2 Å². The van der Waals surface area contributed by atoms with Crippen LogP contribution in [0, 0.1) is 0 Å². The van der Waals surface area contributed by atoms with Gasteiger partial charge < -0.3 is 62.6 Å². The van der Waals surface area contributed by atoms with Crippen LogP contribution in [0.15, 0.2) is 30.5 Å². The summed E-state index contributed by atoms with van der Waals surface area (Å²) in [5.41, 5.74) is 7.09. The van der Waals surface area contributed by atoms with Gasteiger partial charge in [0.2, 0.25) is 35.4 Å². The van der Waals surface area contributed by atoms with Gasteiger partial charge >= 0.3 is 5.97 Å². The average molecular weight is 719 g/mol. The molecule has 0 spiro atoms. The van der Waals surface area contributed by atoms with Gasteiger partial charge in [-0.05, 0) is 45.2 Å². The highest BCUT2D eigenvalue weighted by atomic mass is 16.4. The Morgan fingerprint density at radius 1 is 0.863 bits per heavy atom. The number of para-hydroxylation sites is 1. The monoisotopic (exact) mass is 718 g/mol. The molecule has 1 saturated heterocycles. The van der Waals surface area contributed by atoms with Gasteiger partial charge in [0.25, 0.3) is 0 Å². The smallest absolute Gasteiger partial charge is 0.328 e. The zero-order valence-corrected chi connectivity index (χ0v) is 28.4. The van der Waals surface area contributed by atoms with Crippen LogP contribution in [0.5, 0.6) is 0 Å². The van der Waals surface area contributed by atoms with Crippen molar-refractivity contribution >= 4 is 52.3 Å². The van der Waals surface area contributed by atoms with Crippen molar-refractivity contribution in [1.29, 1.82) is 0 Å². The van der Waals surface area contributed by atoms with Crippen LogP contribution in [-0.2, 0) is 40.0 Å². The number of carboxylic acid groups (broad SMARTS) is 1. The molecule has 1 aromatic carbocycles. The van der Waals surface area contributed by atoms with E-state index in [-0.39, 0.29) is 19.4 Å². The number of aromatic nitrogens is 1. The van der Waals surface area contributed by atoms with Gasteiger partial charge in [0.1, 0.15) is 36.3 Å². The highest BCUT2D eigenvalue weighted by Crippen LogP contribution is 2.23. The number of nitrogens with two attached hydrogens (primary N) is 1. The highest BCUT2D eigenvalue weighted by Gasteiger charge is 2.40. The van der Waals surface area contributed by atoms with E-state index in [2.05, 4.69) is 26.3 Å². The van der Waals surface area contributed by atoms with E-state index in [1.165, 1.54) is 25.7 Å². The third-order valence-electron chi connectivity index (χ3n) is 8.39. The van der Waals surface area contributed by atoms with Crippen molar-refractivity contribution in [2.24, 2.45) is 5.73 Å². The third-order valence-corrected chi connectivity index (χ3v) is 8.39. The van der Waals surface area contributed by atoms with Crippen LogP contribution in [0.1, 0.15) is 39.2 Å². The number of aromatic amines is 1. The molecule has 0 aliphatic carbocycles. The number of likely N-dealkylation sites (tertiary alicyclic amines) is 1. The molecule has 0 saturated carbocycles. The van der Waals surface area contributed by atoms with Crippen LogP contribution in [0.2, 0.25) is 0 Å². The topological polar surface area (TPSA) is 306 Å². The molecule has 3 rings (SSSR count). The van der Waals surface area contributed by atoms with Gasteiger partial charge in [-0.3, -0.25) is 28.8 Å². The van der Waals surface area contributed by atoms with Gasteiger partial charge in [0.05, 0.1) is 25.4 Å². The molecule has 2 heterocycles. The average Bonchev–Trinajstić information content (AvgIpc) is 3.75. The van der Waals surface area contributed by atoms with Crippen molar-refractivity contribution in [2.45, 2.75) is 88.4 Å². The Labute approximate surface area is 292 Å². The SMILES string of the molecule is C[C@H](N)C(=O)N[C@@H](C)C(=O)N[C@@H](Cc1c[nH]c2ccccc12)C(=O)N1CCC[C@H]1C(=O)N[C@H](C(=O)N[C@@H](CO)C(=O)N[C@@H](CO)C(=O)O)[C@@H](C)O. The zero-order chi connectivity index (χ0) is 38.0.